The molecular formula is C8H9F3OS. The van der Waals surface area contributed by atoms with E-state index in [4.69, 9.17) is 0 Å². The minimum atomic E-state index is -4.30. The Hall–Kier alpha value is -0.550. The number of hydrogen-bond acceptors (Lipinski definition) is 2. The Morgan fingerprint density at radius 1 is 1.46 bits per heavy atom. The highest BCUT2D eigenvalue weighted by Gasteiger charge is 2.32. The molecule has 0 aliphatic carbocycles. The van der Waals surface area contributed by atoms with E-state index in [-0.39, 0.29) is 0 Å². The second-order valence-electron chi connectivity index (χ2n) is 2.62. The lowest BCUT2D eigenvalue weighted by molar-refractivity contribution is -0.134. The first-order chi connectivity index (χ1) is 5.95. The molecule has 0 saturated heterocycles. The van der Waals surface area contributed by atoms with Crippen LogP contribution in [0.4, 0.5) is 13.2 Å². The Bertz CT molecular complexity index is 279. The highest BCUT2D eigenvalue weighted by molar-refractivity contribution is 7.12. The van der Waals surface area contributed by atoms with E-state index in [1.165, 1.54) is 6.07 Å². The molecule has 0 aliphatic rings. The fourth-order valence-corrected chi connectivity index (χ4v) is 1.83. The van der Waals surface area contributed by atoms with E-state index in [0.29, 0.717) is 22.6 Å². The summed E-state index contributed by atoms with van der Waals surface area (Å²) in [5, 5.41) is 9.25. The summed E-state index contributed by atoms with van der Waals surface area (Å²) >= 11 is 0.597. The summed E-state index contributed by atoms with van der Waals surface area (Å²) in [5.74, 6) is 0. The van der Waals surface area contributed by atoms with Crippen molar-refractivity contribution in [2.24, 2.45) is 0 Å². The van der Waals surface area contributed by atoms with Crippen molar-refractivity contribution >= 4 is 11.3 Å². The van der Waals surface area contributed by atoms with Crippen LogP contribution in [-0.4, -0.2) is 5.11 Å². The number of aliphatic hydroxyl groups excluding tert-OH is 1. The molecular weight excluding hydrogens is 201 g/mol. The van der Waals surface area contributed by atoms with Crippen LogP contribution in [0.3, 0.4) is 0 Å². The van der Waals surface area contributed by atoms with Gasteiger partial charge in [0, 0.05) is 4.88 Å². The van der Waals surface area contributed by atoms with Gasteiger partial charge in [-0.15, -0.1) is 11.3 Å². The Labute approximate surface area is 77.8 Å². The topological polar surface area (TPSA) is 20.2 Å². The summed E-state index contributed by atoms with van der Waals surface area (Å²) in [6.45, 7) is 1.72. The number of thiophene rings is 1. The van der Waals surface area contributed by atoms with E-state index < -0.39 is 17.2 Å². The molecule has 1 nitrogen and oxygen atoms in total. The average molecular weight is 210 g/mol. The average Bonchev–Trinajstić information content (AvgIpc) is 2.50. The highest BCUT2D eigenvalue weighted by Crippen LogP contribution is 2.36. The van der Waals surface area contributed by atoms with Gasteiger partial charge < -0.3 is 5.11 Å². The molecule has 1 aromatic rings. The van der Waals surface area contributed by atoms with Crippen molar-refractivity contribution in [3.63, 3.8) is 0 Å². The van der Waals surface area contributed by atoms with E-state index in [9.17, 15) is 18.3 Å². The largest absolute Gasteiger partial charge is 0.425 e. The van der Waals surface area contributed by atoms with Gasteiger partial charge >= 0.3 is 6.18 Å². The molecule has 74 valence electrons. The zero-order valence-electron chi connectivity index (χ0n) is 6.93. The number of hydrogen-bond donors (Lipinski definition) is 1. The van der Waals surface area contributed by atoms with Crippen LogP contribution in [0.1, 0.15) is 29.2 Å². The Morgan fingerprint density at radius 2 is 2.08 bits per heavy atom. The summed E-state index contributed by atoms with van der Waals surface area (Å²) in [5.41, 5.74) is 0. The molecule has 0 fully saturated rings. The third kappa shape index (κ3) is 2.45. The summed E-state index contributed by atoms with van der Waals surface area (Å²) < 4.78 is 36.3. The van der Waals surface area contributed by atoms with Crippen LogP contribution in [-0.2, 0) is 6.18 Å². The molecule has 1 heterocycles. The van der Waals surface area contributed by atoms with Gasteiger partial charge in [0.2, 0.25) is 0 Å². The van der Waals surface area contributed by atoms with Crippen molar-refractivity contribution in [2.45, 2.75) is 25.6 Å². The lowest BCUT2D eigenvalue weighted by Gasteiger charge is -2.04. The maximum Gasteiger partial charge on any atom is 0.425 e. The minimum Gasteiger partial charge on any atom is -0.388 e. The second kappa shape index (κ2) is 3.67. The van der Waals surface area contributed by atoms with Gasteiger partial charge in [-0.3, -0.25) is 0 Å². The lowest BCUT2D eigenvalue weighted by atomic mass is 10.2. The van der Waals surface area contributed by atoms with Crippen LogP contribution in [0.25, 0.3) is 0 Å². The van der Waals surface area contributed by atoms with Crippen LogP contribution in [0.15, 0.2) is 12.1 Å². The van der Waals surface area contributed by atoms with Gasteiger partial charge in [-0.25, -0.2) is 0 Å². The second-order valence-corrected chi connectivity index (χ2v) is 3.74. The standard InChI is InChI=1S/C8H9F3OS/c1-2-5(12)6-3-4-7(13-6)8(9,10)11/h3-5,12H,2H2,1H3. The van der Waals surface area contributed by atoms with Crippen molar-refractivity contribution in [1.29, 1.82) is 0 Å². The minimum absolute atomic E-state index is 0.370. The Balaban J connectivity index is 2.87. The highest BCUT2D eigenvalue weighted by atomic mass is 32.1. The Morgan fingerprint density at radius 3 is 2.46 bits per heavy atom. The number of halogens is 3. The molecule has 0 amide bonds. The van der Waals surface area contributed by atoms with Crippen molar-refractivity contribution in [3.8, 4) is 0 Å². The smallest absolute Gasteiger partial charge is 0.388 e. The van der Waals surface area contributed by atoms with Gasteiger partial charge in [0.05, 0.1) is 6.10 Å². The van der Waals surface area contributed by atoms with E-state index in [1.54, 1.807) is 6.92 Å². The van der Waals surface area contributed by atoms with Crippen LogP contribution >= 0.6 is 11.3 Å². The molecule has 1 atom stereocenters. The van der Waals surface area contributed by atoms with Gasteiger partial charge in [0.15, 0.2) is 0 Å². The first-order valence-corrected chi connectivity index (χ1v) is 4.61. The van der Waals surface area contributed by atoms with E-state index >= 15 is 0 Å². The molecule has 0 aromatic carbocycles. The van der Waals surface area contributed by atoms with Crippen LogP contribution < -0.4 is 0 Å². The fraction of sp³-hybridized carbons (Fsp3) is 0.500. The molecule has 13 heavy (non-hydrogen) atoms. The van der Waals surface area contributed by atoms with E-state index in [2.05, 4.69) is 0 Å². The molecule has 0 aliphatic heterocycles. The summed E-state index contributed by atoms with van der Waals surface area (Å²) in [6.07, 6.45) is -4.64. The van der Waals surface area contributed by atoms with Crippen LogP contribution in [0.2, 0.25) is 0 Å². The molecule has 0 bridgehead atoms. The van der Waals surface area contributed by atoms with Crippen molar-refractivity contribution in [2.75, 3.05) is 0 Å². The SMILES string of the molecule is CCC(O)c1ccc(C(F)(F)F)s1. The molecule has 1 unspecified atom stereocenters. The fourth-order valence-electron chi connectivity index (χ4n) is 0.885. The molecule has 0 saturated carbocycles. The maximum absolute atomic E-state index is 12.1. The predicted octanol–water partition coefficient (Wildman–Crippen LogP) is 3.21. The monoisotopic (exact) mass is 210 g/mol. The van der Waals surface area contributed by atoms with Crippen molar-refractivity contribution < 1.29 is 18.3 Å². The lowest BCUT2D eigenvalue weighted by Crippen LogP contribution is -2.00. The molecule has 0 spiro atoms. The first-order valence-electron chi connectivity index (χ1n) is 3.80. The van der Waals surface area contributed by atoms with Crippen molar-refractivity contribution in [3.05, 3.63) is 21.9 Å². The van der Waals surface area contributed by atoms with E-state index in [0.717, 1.165) is 6.07 Å². The number of alkyl halides is 3. The number of aliphatic hydroxyl groups is 1. The first kappa shape index (κ1) is 10.5. The van der Waals surface area contributed by atoms with Gasteiger partial charge in [0.1, 0.15) is 4.88 Å². The quantitative estimate of drug-likeness (QED) is 0.794. The molecule has 0 radical (unpaired) electrons. The summed E-state index contributed by atoms with van der Waals surface area (Å²) in [7, 11) is 0. The van der Waals surface area contributed by atoms with Gasteiger partial charge in [-0.1, -0.05) is 6.92 Å². The number of rotatable bonds is 2. The zero-order valence-corrected chi connectivity index (χ0v) is 7.75. The van der Waals surface area contributed by atoms with Crippen LogP contribution in [0.5, 0.6) is 0 Å². The van der Waals surface area contributed by atoms with E-state index in [1.807, 2.05) is 0 Å². The van der Waals surface area contributed by atoms with Gasteiger partial charge in [0.25, 0.3) is 0 Å². The van der Waals surface area contributed by atoms with Crippen molar-refractivity contribution in [1.82, 2.24) is 0 Å². The van der Waals surface area contributed by atoms with Gasteiger partial charge in [-0.05, 0) is 18.6 Å². The zero-order chi connectivity index (χ0) is 10.1. The molecule has 1 aromatic heterocycles. The summed E-state index contributed by atoms with van der Waals surface area (Å²) in [4.78, 5) is -0.287. The maximum atomic E-state index is 12.1. The molecule has 5 heteroatoms. The summed E-state index contributed by atoms with van der Waals surface area (Å²) in [6, 6.07) is 2.32. The Kier molecular flexibility index (Phi) is 2.98. The molecule has 1 N–H and O–H groups in total. The normalized spacial score (nSPS) is 14.5. The van der Waals surface area contributed by atoms with Gasteiger partial charge in [-0.2, -0.15) is 13.2 Å². The third-order valence-electron chi connectivity index (χ3n) is 1.62. The predicted molar refractivity (Wildman–Crippen MR) is 44.6 cm³/mol. The third-order valence-corrected chi connectivity index (χ3v) is 2.85. The van der Waals surface area contributed by atoms with Crippen LogP contribution in [0, 0.1) is 0 Å². The molecule has 1 rings (SSSR count).